The maximum atomic E-state index is 9.37. The van der Waals surface area contributed by atoms with Gasteiger partial charge >= 0.3 is 0 Å². The lowest BCUT2D eigenvalue weighted by atomic mass is 9.76. The van der Waals surface area contributed by atoms with E-state index in [9.17, 15) is 5.11 Å². The van der Waals surface area contributed by atoms with Crippen LogP contribution in [0.3, 0.4) is 0 Å². The second-order valence-corrected chi connectivity index (χ2v) is 4.02. The van der Waals surface area contributed by atoms with E-state index in [0.717, 1.165) is 32.5 Å². The first-order valence-corrected chi connectivity index (χ1v) is 4.94. The van der Waals surface area contributed by atoms with Crippen LogP contribution in [0.4, 0.5) is 0 Å². The van der Waals surface area contributed by atoms with Crippen LogP contribution in [0.2, 0.25) is 0 Å². The zero-order valence-electron chi connectivity index (χ0n) is 8.58. The molecule has 0 amide bonds. The van der Waals surface area contributed by atoms with Crippen LogP contribution in [0.5, 0.6) is 0 Å². The van der Waals surface area contributed by atoms with Crippen molar-refractivity contribution in [2.24, 2.45) is 5.41 Å². The molecule has 1 atom stereocenters. The van der Waals surface area contributed by atoms with Crippen LogP contribution in [0.1, 0.15) is 26.2 Å². The van der Waals surface area contributed by atoms with Gasteiger partial charge in [0.25, 0.3) is 0 Å². The highest BCUT2D eigenvalue weighted by molar-refractivity contribution is 4.83. The molecule has 1 unspecified atom stereocenters. The van der Waals surface area contributed by atoms with Crippen molar-refractivity contribution < 1.29 is 14.6 Å². The molecule has 1 aliphatic rings. The highest BCUT2D eigenvalue weighted by Gasteiger charge is 2.33. The smallest absolute Gasteiger partial charge is 0.0549 e. The molecule has 0 aromatic rings. The molecule has 13 heavy (non-hydrogen) atoms. The highest BCUT2D eigenvalue weighted by atomic mass is 16.5. The monoisotopic (exact) mass is 188 g/mol. The van der Waals surface area contributed by atoms with Gasteiger partial charge in [-0.25, -0.2) is 0 Å². The summed E-state index contributed by atoms with van der Waals surface area (Å²) in [6, 6.07) is 0. The van der Waals surface area contributed by atoms with Crippen molar-refractivity contribution in [3.8, 4) is 0 Å². The van der Waals surface area contributed by atoms with Crippen LogP contribution in [0.25, 0.3) is 0 Å². The van der Waals surface area contributed by atoms with Gasteiger partial charge in [-0.3, -0.25) is 0 Å². The lowest BCUT2D eigenvalue weighted by molar-refractivity contribution is -0.0459. The van der Waals surface area contributed by atoms with Crippen LogP contribution >= 0.6 is 0 Å². The molecule has 0 spiro atoms. The first-order chi connectivity index (χ1) is 6.22. The van der Waals surface area contributed by atoms with Crippen molar-refractivity contribution in [3.05, 3.63) is 0 Å². The summed E-state index contributed by atoms with van der Waals surface area (Å²) in [4.78, 5) is 0. The quantitative estimate of drug-likeness (QED) is 0.720. The Kier molecular flexibility index (Phi) is 4.16. The third-order valence-electron chi connectivity index (χ3n) is 3.01. The van der Waals surface area contributed by atoms with Gasteiger partial charge in [-0.15, -0.1) is 0 Å². The molecule has 3 nitrogen and oxygen atoms in total. The molecule has 1 heterocycles. The van der Waals surface area contributed by atoms with Crippen molar-refractivity contribution in [1.82, 2.24) is 0 Å². The predicted molar refractivity (Wildman–Crippen MR) is 50.7 cm³/mol. The van der Waals surface area contributed by atoms with E-state index in [2.05, 4.69) is 0 Å². The van der Waals surface area contributed by atoms with Gasteiger partial charge in [0, 0.05) is 32.3 Å². The van der Waals surface area contributed by atoms with Crippen molar-refractivity contribution >= 4 is 0 Å². The molecule has 0 aliphatic carbocycles. The summed E-state index contributed by atoms with van der Waals surface area (Å²) >= 11 is 0. The van der Waals surface area contributed by atoms with Crippen LogP contribution in [-0.4, -0.2) is 38.1 Å². The third-order valence-corrected chi connectivity index (χ3v) is 3.01. The lowest BCUT2D eigenvalue weighted by Gasteiger charge is -2.37. The second kappa shape index (κ2) is 4.94. The Labute approximate surface area is 80.0 Å². The zero-order valence-corrected chi connectivity index (χ0v) is 8.58. The normalized spacial score (nSPS) is 24.2. The van der Waals surface area contributed by atoms with E-state index in [1.54, 1.807) is 7.11 Å². The van der Waals surface area contributed by atoms with Crippen LogP contribution in [-0.2, 0) is 9.47 Å². The summed E-state index contributed by atoms with van der Waals surface area (Å²) in [5.41, 5.74) is 0.0493. The molecular formula is C10H20O3. The lowest BCUT2D eigenvalue weighted by Crippen LogP contribution is -2.36. The van der Waals surface area contributed by atoms with E-state index in [1.807, 2.05) is 6.92 Å². The van der Waals surface area contributed by atoms with Gasteiger partial charge in [-0.2, -0.15) is 0 Å². The Bertz CT molecular complexity index is 141. The van der Waals surface area contributed by atoms with Gasteiger partial charge in [0.15, 0.2) is 0 Å². The topological polar surface area (TPSA) is 38.7 Å². The fourth-order valence-electron chi connectivity index (χ4n) is 1.92. The van der Waals surface area contributed by atoms with Crippen molar-refractivity contribution in [2.75, 3.05) is 26.9 Å². The van der Waals surface area contributed by atoms with E-state index in [4.69, 9.17) is 9.47 Å². The molecule has 0 radical (unpaired) electrons. The van der Waals surface area contributed by atoms with Gasteiger partial charge in [-0.05, 0) is 26.2 Å². The van der Waals surface area contributed by atoms with E-state index < -0.39 is 0 Å². The number of rotatable bonds is 4. The van der Waals surface area contributed by atoms with E-state index >= 15 is 0 Å². The second-order valence-electron chi connectivity index (χ2n) is 4.02. The molecule has 0 aromatic heterocycles. The molecule has 1 fully saturated rings. The van der Waals surface area contributed by atoms with Gasteiger partial charge in [0.2, 0.25) is 0 Å². The van der Waals surface area contributed by atoms with E-state index in [0.29, 0.717) is 0 Å². The summed E-state index contributed by atoms with van der Waals surface area (Å²) in [6.07, 6.45) is 3.07. The number of hydrogen-bond donors (Lipinski definition) is 1. The zero-order chi connectivity index (χ0) is 9.73. The number of methoxy groups -OCH3 is 1. The fraction of sp³-hybridized carbons (Fsp3) is 1.00. The first-order valence-electron chi connectivity index (χ1n) is 4.94. The largest absolute Gasteiger partial charge is 0.396 e. The fourth-order valence-corrected chi connectivity index (χ4v) is 1.92. The summed E-state index contributed by atoms with van der Waals surface area (Å²) < 4.78 is 10.5. The Hall–Kier alpha value is -0.120. The molecule has 1 rings (SSSR count). The molecule has 1 N–H and O–H groups in total. The number of ether oxygens (including phenoxy) is 2. The summed E-state index contributed by atoms with van der Waals surface area (Å²) in [7, 11) is 1.72. The van der Waals surface area contributed by atoms with Gasteiger partial charge in [0.1, 0.15) is 0 Å². The van der Waals surface area contributed by atoms with Crippen molar-refractivity contribution in [2.45, 2.75) is 32.3 Å². The minimum absolute atomic E-state index is 0.0493. The number of hydrogen-bond acceptors (Lipinski definition) is 3. The average molecular weight is 188 g/mol. The predicted octanol–water partition coefficient (Wildman–Crippen LogP) is 1.20. The number of aliphatic hydroxyl groups is 1. The van der Waals surface area contributed by atoms with Crippen LogP contribution < -0.4 is 0 Å². The Balaban J connectivity index is 2.47. The van der Waals surface area contributed by atoms with Crippen molar-refractivity contribution in [3.63, 3.8) is 0 Å². The molecule has 1 saturated heterocycles. The maximum absolute atomic E-state index is 9.37. The average Bonchev–Trinajstić information content (AvgIpc) is 2.19. The van der Waals surface area contributed by atoms with Gasteiger partial charge in [-0.1, -0.05) is 0 Å². The molecule has 0 saturated carbocycles. The van der Waals surface area contributed by atoms with Crippen LogP contribution in [0.15, 0.2) is 0 Å². The molecule has 78 valence electrons. The Morgan fingerprint density at radius 3 is 2.54 bits per heavy atom. The molecule has 3 heteroatoms. The Morgan fingerprint density at radius 2 is 2.08 bits per heavy atom. The molecular weight excluding hydrogens is 168 g/mol. The third kappa shape index (κ3) is 2.93. The van der Waals surface area contributed by atoms with E-state index in [-0.39, 0.29) is 18.1 Å². The standard InChI is InChI=1S/C10H20O3/c1-9(12-2)7-10(8-11)3-5-13-6-4-10/h9,11H,3-8H2,1-2H3. The molecule has 1 aliphatic heterocycles. The molecule has 0 bridgehead atoms. The SMILES string of the molecule is COC(C)CC1(CO)CCOCC1. The summed E-state index contributed by atoms with van der Waals surface area (Å²) in [6.45, 7) is 3.85. The van der Waals surface area contributed by atoms with Gasteiger partial charge < -0.3 is 14.6 Å². The first kappa shape index (κ1) is 11.0. The highest BCUT2D eigenvalue weighted by Crippen LogP contribution is 2.35. The Morgan fingerprint density at radius 1 is 1.46 bits per heavy atom. The van der Waals surface area contributed by atoms with Crippen molar-refractivity contribution in [1.29, 1.82) is 0 Å². The summed E-state index contributed by atoms with van der Waals surface area (Å²) in [5, 5.41) is 9.37. The number of aliphatic hydroxyl groups excluding tert-OH is 1. The maximum Gasteiger partial charge on any atom is 0.0549 e. The minimum atomic E-state index is 0.0493. The molecule has 0 aromatic carbocycles. The summed E-state index contributed by atoms with van der Waals surface area (Å²) in [5.74, 6) is 0. The van der Waals surface area contributed by atoms with Crippen LogP contribution in [0, 0.1) is 5.41 Å². The minimum Gasteiger partial charge on any atom is -0.396 e. The van der Waals surface area contributed by atoms with E-state index in [1.165, 1.54) is 0 Å². The van der Waals surface area contributed by atoms with Gasteiger partial charge in [0.05, 0.1) is 6.10 Å².